The van der Waals surface area contributed by atoms with Crippen molar-refractivity contribution < 1.29 is 4.79 Å². The van der Waals surface area contributed by atoms with E-state index >= 15 is 0 Å². The molecule has 2 aromatic carbocycles. The second-order valence-electron chi connectivity index (χ2n) is 5.88. The second kappa shape index (κ2) is 8.10. The molecule has 0 amide bonds. The number of Topliss-reactive ketones (excluding diaryl/α,β-unsaturated/α-hetero) is 1. The lowest BCUT2D eigenvalue weighted by molar-refractivity contribution is 0.102. The van der Waals surface area contributed by atoms with E-state index in [1.54, 1.807) is 12.1 Å². The summed E-state index contributed by atoms with van der Waals surface area (Å²) in [5, 5.41) is 1.68. The third-order valence-electron chi connectivity index (χ3n) is 4.08. The van der Waals surface area contributed by atoms with Crippen LogP contribution in [0.15, 0.2) is 53.4 Å². The number of hydrogen-bond acceptors (Lipinski definition) is 2. The van der Waals surface area contributed by atoms with Crippen LogP contribution in [0, 0.1) is 13.8 Å². The highest BCUT2D eigenvalue weighted by Gasteiger charge is 2.17. The maximum absolute atomic E-state index is 12.7. The van der Waals surface area contributed by atoms with Crippen LogP contribution in [0.1, 0.15) is 21.7 Å². The van der Waals surface area contributed by atoms with Gasteiger partial charge in [0.25, 0.3) is 0 Å². The van der Waals surface area contributed by atoms with Gasteiger partial charge in [-0.05, 0) is 62.4 Å². The Kier molecular flexibility index (Phi) is 6.03. The van der Waals surface area contributed by atoms with Crippen LogP contribution < -0.4 is 0 Å². The molecule has 26 heavy (non-hydrogen) atoms. The number of benzene rings is 2. The Morgan fingerprint density at radius 1 is 0.962 bits per heavy atom. The number of aromatic nitrogens is 1. The van der Waals surface area contributed by atoms with E-state index < -0.39 is 0 Å². The summed E-state index contributed by atoms with van der Waals surface area (Å²) in [5.41, 5.74) is 3.47. The number of carbonyl (C=O) groups is 1. The first-order valence-electron chi connectivity index (χ1n) is 7.92. The van der Waals surface area contributed by atoms with Gasteiger partial charge >= 0.3 is 0 Å². The van der Waals surface area contributed by atoms with Crippen LogP contribution in [0.5, 0.6) is 0 Å². The second-order valence-corrected chi connectivity index (χ2v) is 8.18. The molecular weight excluding hydrogens is 409 g/mol. The Balaban J connectivity index is 1.83. The minimum absolute atomic E-state index is 0.0874. The molecule has 0 saturated heterocycles. The zero-order valence-corrected chi connectivity index (χ0v) is 17.3. The Morgan fingerprint density at radius 2 is 1.65 bits per heavy atom. The van der Waals surface area contributed by atoms with Crippen molar-refractivity contribution in [1.29, 1.82) is 0 Å². The van der Waals surface area contributed by atoms with Gasteiger partial charge in [0.1, 0.15) is 0 Å². The Morgan fingerprint density at radius 3 is 2.31 bits per heavy atom. The molecule has 6 heteroatoms. The van der Waals surface area contributed by atoms with Crippen LogP contribution in [-0.2, 0) is 0 Å². The van der Waals surface area contributed by atoms with Gasteiger partial charge in [0.15, 0.2) is 5.78 Å². The van der Waals surface area contributed by atoms with Crippen molar-refractivity contribution in [3.63, 3.8) is 0 Å². The molecule has 0 bridgehead atoms. The number of rotatable bonds is 5. The highest BCUT2D eigenvalue weighted by atomic mass is 35.5. The Bertz CT molecular complexity index is 964. The molecule has 1 aromatic heterocycles. The van der Waals surface area contributed by atoms with Crippen molar-refractivity contribution in [3.05, 3.63) is 80.6 Å². The van der Waals surface area contributed by atoms with Crippen molar-refractivity contribution in [2.45, 2.75) is 18.7 Å². The van der Waals surface area contributed by atoms with E-state index in [0.29, 0.717) is 20.8 Å². The van der Waals surface area contributed by atoms with Crippen molar-refractivity contribution in [3.8, 4) is 5.69 Å². The summed E-state index contributed by atoms with van der Waals surface area (Å²) in [6, 6.07) is 14.9. The first kappa shape index (κ1) is 19.4. The van der Waals surface area contributed by atoms with Crippen LogP contribution >= 0.6 is 46.6 Å². The number of aryl methyl sites for hydroxylation is 1. The molecule has 2 nitrogen and oxygen atoms in total. The fraction of sp³-hybridized carbons (Fsp3) is 0.150. The predicted octanol–water partition coefficient (Wildman–Crippen LogP) is 7.03. The lowest BCUT2D eigenvalue weighted by atomic mass is 10.2. The van der Waals surface area contributed by atoms with E-state index in [2.05, 4.69) is 0 Å². The van der Waals surface area contributed by atoms with Gasteiger partial charge in [-0.25, -0.2) is 0 Å². The third kappa shape index (κ3) is 4.12. The molecule has 0 radical (unpaired) electrons. The van der Waals surface area contributed by atoms with Gasteiger partial charge in [-0.3, -0.25) is 4.79 Å². The largest absolute Gasteiger partial charge is 0.318 e. The molecule has 0 aliphatic carbocycles. The molecule has 3 rings (SSSR count). The van der Waals surface area contributed by atoms with Gasteiger partial charge < -0.3 is 4.57 Å². The summed E-state index contributed by atoms with van der Waals surface area (Å²) in [5.74, 6) is 0.456. The van der Waals surface area contributed by atoms with Crippen molar-refractivity contribution in [2.75, 3.05) is 5.75 Å². The van der Waals surface area contributed by atoms with Gasteiger partial charge in [0.2, 0.25) is 0 Å². The van der Waals surface area contributed by atoms with E-state index in [4.69, 9.17) is 34.8 Å². The molecule has 0 spiro atoms. The summed E-state index contributed by atoms with van der Waals surface area (Å²) < 4.78 is 2.02. The van der Waals surface area contributed by atoms with Crippen molar-refractivity contribution in [2.24, 2.45) is 0 Å². The molecule has 134 valence electrons. The quantitative estimate of drug-likeness (QED) is 0.324. The summed E-state index contributed by atoms with van der Waals surface area (Å²) in [6.45, 7) is 3.91. The molecule has 0 saturated carbocycles. The number of nitrogens with zero attached hydrogens (tertiary/aromatic N) is 1. The third-order valence-corrected chi connectivity index (χ3v) is 6.08. The van der Waals surface area contributed by atoms with Crippen LogP contribution in [0.3, 0.4) is 0 Å². The van der Waals surface area contributed by atoms with E-state index in [9.17, 15) is 4.79 Å². The molecule has 0 aliphatic heterocycles. The summed E-state index contributed by atoms with van der Waals surface area (Å²) in [7, 11) is 0. The Hall–Kier alpha value is -1.39. The Labute approximate surface area is 172 Å². The standard InChI is InChI=1S/C20H16Cl3NOS/c1-12-9-17(20(25)11-26-16-6-3-14(21)4-7-16)13(2)24(12)15-5-8-18(22)19(23)10-15/h3-10H,11H2,1-2H3. The zero-order chi connectivity index (χ0) is 18.8. The molecule has 0 N–H and O–H groups in total. The summed E-state index contributed by atoms with van der Waals surface area (Å²) in [6.07, 6.45) is 0. The van der Waals surface area contributed by atoms with Crippen LogP contribution in [0.4, 0.5) is 0 Å². The molecule has 0 atom stereocenters. The number of thioether (sulfide) groups is 1. The average molecular weight is 425 g/mol. The molecule has 3 aromatic rings. The lowest BCUT2D eigenvalue weighted by Crippen LogP contribution is -2.05. The van der Waals surface area contributed by atoms with Gasteiger partial charge in [-0.2, -0.15) is 0 Å². The van der Waals surface area contributed by atoms with E-state index in [1.165, 1.54) is 11.8 Å². The van der Waals surface area contributed by atoms with Crippen molar-refractivity contribution in [1.82, 2.24) is 4.57 Å². The fourth-order valence-electron chi connectivity index (χ4n) is 2.82. The molecule has 0 fully saturated rings. The number of carbonyl (C=O) groups excluding carboxylic acids is 1. The normalized spacial score (nSPS) is 11.0. The highest BCUT2D eigenvalue weighted by molar-refractivity contribution is 8.00. The summed E-state index contributed by atoms with van der Waals surface area (Å²) in [4.78, 5) is 13.7. The van der Waals surface area contributed by atoms with E-state index in [0.717, 1.165) is 27.5 Å². The van der Waals surface area contributed by atoms with Crippen LogP contribution in [-0.4, -0.2) is 16.1 Å². The van der Waals surface area contributed by atoms with Crippen LogP contribution in [0.25, 0.3) is 5.69 Å². The van der Waals surface area contributed by atoms with E-state index in [-0.39, 0.29) is 5.78 Å². The predicted molar refractivity (Wildman–Crippen MR) is 112 cm³/mol. The number of halogens is 3. The van der Waals surface area contributed by atoms with E-state index in [1.807, 2.05) is 54.8 Å². The number of ketones is 1. The van der Waals surface area contributed by atoms with Gasteiger partial charge in [0.05, 0.1) is 15.8 Å². The monoisotopic (exact) mass is 423 g/mol. The highest BCUT2D eigenvalue weighted by Crippen LogP contribution is 2.29. The average Bonchev–Trinajstić information content (AvgIpc) is 2.91. The zero-order valence-electron chi connectivity index (χ0n) is 14.2. The minimum atomic E-state index is 0.0874. The molecule has 0 unspecified atom stereocenters. The minimum Gasteiger partial charge on any atom is -0.318 e. The van der Waals surface area contributed by atoms with Crippen LogP contribution in [0.2, 0.25) is 15.1 Å². The molecule has 1 heterocycles. The smallest absolute Gasteiger partial charge is 0.174 e. The first-order chi connectivity index (χ1) is 12.4. The van der Waals surface area contributed by atoms with Gasteiger partial charge in [0, 0.05) is 32.6 Å². The molecule has 0 aliphatic rings. The lowest BCUT2D eigenvalue weighted by Gasteiger charge is -2.11. The summed E-state index contributed by atoms with van der Waals surface area (Å²) >= 11 is 19.5. The van der Waals surface area contributed by atoms with Gasteiger partial charge in [-0.15, -0.1) is 11.8 Å². The van der Waals surface area contributed by atoms with Gasteiger partial charge in [-0.1, -0.05) is 34.8 Å². The fourth-order valence-corrected chi connectivity index (χ4v) is 4.02. The SMILES string of the molecule is Cc1cc(C(=O)CSc2ccc(Cl)cc2)c(C)n1-c1ccc(Cl)c(Cl)c1. The maximum Gasteiger partial charge on any atom is 0.174 e. The molecular formula is C20H16Cl3NOS. The first-order valence-corrected chi connectivity index (χ1v) is 10.0. The van der Waals surface area contributed by atoms with Crippen molar-refractivity contribution >= 4 is 52.3 Å². The topological polar surface area (TPSA) is 22.0 Å². The maximum atomic E-state index is 12.7. The number of hydrogen-bond donors (Lipinski definition) is 0.